The first-order valence-electron chi connectivity index (χ1n) is 5.63. The van der Waals surface area contributed by atoms with Gasteiger partial charge in [-0.3, -0.25) is 0 Å². The van der Waals surface area contributed by atoms with E-state index in [-0.39, 0.29) is 5.54 Å². The van der Waals surface area contributed by atoms with E-state index < -0.39 is 0 Å². The zero-order valence-electron chi connectivity index (χ0n) is 10.4. The van der Waals surface area contributed by atoms with E-state index in [4.69, 9.17) is 0 Å². The molecule has 0 aromatic carbocycles. The van der Waals surface area contributed by atoms with Gasteiger partial charge in [-0.05, 0) is 33.2 Å². The van der Waals surface area contributed by atoms with Gasteiger partial charge in [0.05, 0.1) is 5.54 Å². The number of aryl methyl sites for hydroxylation is 1. The molecule has 0 amide bonds. The van der Waals surface area contributed by atoms with Gasteiger partial charge >= 0.3 is 0 Å². The summed E-state index contributed by atoms with van der Waals surface area (Å²) in [6.07, 6.45) is 3.17. The number of hydrogen-bond acceptors (Lipinski definition) is 3. The van der Waals surface area contributed by atoms with Gasteiger partial charge in [0.15, 0.2) is 0 Å². The van der Waals surface area contributed by atoms with Crippen LogP contribution in [0.5, 0.6) is 0 Å². The molecule has 1 rings (SSSR count). The minimum atomic E-state index is 0.00234. The van der Waals surface area contributed by atoms with E-state index in [0.29, 0.717) is 0 Å². The lowest BCUT2D eigenvalue weighted by Crippen LogP contribution is -2.38. The van der Waals surface area contributed by atoms with Crippen molar-refractivity contribution in [2.24, 2.45) is 5.92 Å². The van der Waals surface area contributed by atoms with Crippen molar-refractivity contribution in [2.75, 3.05) is 6.54 Å². The first kappa shape index (κ1) is 12.7. The fourth-order valence-electron chi connectivity index (χ4n) is 1.29. The van der Waals surface area contributed by atoms with Gasteiger partial charge in [-0.2, -0.15) is 0 Å². The Morgan fingerprint density at radius 3 is 2.67 bits per heavy atom. The lowest BCUT2D eigenvalue weighted by Gasteiger charge is -2.25. The van der Waals surface area contributed by atoms with Crippen LogP contribution < -0.4 is 5.32 Å². The van der Waals surface area contributed by atoms with Crippen LogP contribution in [-0.4, -0.2) is 11.5 Å². The van der Waals surface area contributed by atoms with Crippen LogP contribution in [0, 0.1) is 12.8 Å². The Bertz CT molecular complexity index is 304. The van der Waals surface area contributed by atoms with Crippen molar-refractivity contribution in [1.82, 2.24) is 10.3 Å². The van der Waals surface area contributed by atoms with Gasteiger partial charge in [-0.1, -0.05) is 20.3 Å². The second kappa shape index (κ2) is 5.08. The lowest BCUT2D eigenvalue weighted by molar-refractivity contribution is 0.359. The minimum Gasteiger partial charge on any atom is -0.306 e. The predicted octanol–water partition coefficient (Wildman–Crippen LogP) is 3.32. The summed E-state index contributed by atoms with van der Waals surface area (Å²) in [7, 11) is 0. The zero-order valence-corrected chi connectivity index (χ0v) is 11.2. The molecule has 0 bridgehead atoms. The molecule has 0 saturated heterocycles. The molecular formula is C12H22N2S. The van der Waals surface area contributed by atoms with Crippen LogP contribution in [0.2, 0.25) is 0 Å². The van der Waals surface area contributed by atoms with Crippen molar-refractivity contribution < 1.29 is 0 Å². The smallest absolute Gasteiger partial charge is 0.112 e. The molecule has 1 atom stereocenters. The summed E-state index contributed by atoms with van der Waals surface area (Å²) < 4.78 is 0. The topological polar surface area (TPSA) is 24.9 Å². The maximum atomic E-state index is 4.45. The highest BCUT2D eigenvalue weighted by atomic mass is 32.1. The maximum Gasteiger partial charge on any atom is 0.112 e. The molecule has 0 fully saturated rings. The molecule has 3 heteroatoms. The molecule has 15 heavy (non-hydrogen) atoms. The largest absolute Gasteiger partial charge is 0.306 e. The lowest BCUT2D eigenvalue weighted by atomic mass is 10.0. The molecule has 1 aromatic rings. The van der Waals surface area contributed by atoms with E-state index in [0.717, 1.165) is 12.5 Å². The first-order chi connectivity index (χ1) is 6.95. The Balaban J connectivity index is 2.59. The quantitative estimate of drug-likeness (QED) is 0.833. The summed E-state index contributed by atoms with van der Waals surface area (Å²) in [6.45, 7) is 12.1. The predicted molar refractivity (Wildman–Crippen MR) is 67.3 cm³/mol. The number of hydrogen-bond donors (Lipinski definition) is 1. The minimum absolute atomic E-state index is 0.00234. The van der Waals surface area contributed by atoms with Gasteiger partial charge < -0.3 is 5.32 Å². The highest BCUT2D eigenvalue weighted by Crippen LogP contribution is 2.24. The van der Waals surface area contributed by atoms with Crippen LogP contribution >= 0.6 is 11.3 Å². The molecular weight excluding hydrogens is 204 g/mol. The monoisotopic (exact) mass is 226 g/mol. The molecule has 86 valence electrons. The maximum absolute atomic E-state index is 4.45. The van der Waals surface area contributed by atoms with Crippen molar-refractivity contribution >= 4 is 11.3 Å². The third-order valence-electron chi connectivity index (χ3n) is 2.75. The number of aromatic nitrogens is 1. The van der Waals surface area contributed by atoms with Crippen LogP contribution in [0.15, 0.2) is 6.20 Å². The molecule has 1 N–H and O–H groups in total. The van der Waals surface area contributed by atoms with Crippen molar-refractivity contribution in [2.45, 2.75) is 46.6 Å². The van der Waals surface area contributed by atoms with E-state index in [1.807, 2.05) is 6.20 Å². The molecule has 2 nitrogen and oxygen atoms in total. The number of rotatable bonds is 5. The molecule has 1 unspecified atom stereocenters. The third-order valence-corrected chi connectivity index (χ3v) is 3.98. The summed E-state index contributed by atoms with van der Waals surface area (Å²) in [5, 5.41) is 4.77. The van der Waals surface area contributed by atoms with E-state index in [9.17, 15) is 0 Å². The Morgan fingerprint density at radius 2 is 2.20 bits per heavy atom. The van der Waals surface area contributed by atoms with Crippen LogP contribution in [0.25, 0.3) is 0 Å². The fourth-order valence-corrected chi connectivity index (χ4v) is 2.14. The third kappa shape index (κ3) is 3.58. The van der Waals surface area contributed by atoms with Gasteiger partial charge in [0.1, 0.15) is 5.01 Å². The molecule has 0 radical (unpaired) electrons. The summed E-state index contributed by atoms with van der Waals surface area (Å²) in [6, 6.07) is 0. The van der Waals surface area contributed by atoms with Gasteiger partial charge in [0.25, 0.3) is 0 Å². The van der Waals surface area contributed by atoms with Gasteiger partial charge in [0.2, 0.25) is 0 Å². The fraction of sp³-hybridized carbons (Fsp3) is 0.750. The molecule has 0 aliphatic carbocycles. The summed E-state index contributed by atoms with van der Waals surface area (Å²) in [4.78, 5) is 5.73. The highest BCUT2D eigenvalue weighted by molar-refractivity contribution is 7.11. The van der Waals surface area contributed by atoms with Crippen LogP contribution in [0.4, 0.5) is 0 Å². The molecule has 0 spiro atoms. The highest BCUT2D eigenvalue weighted by Gasteiger charge is 2.23. The SMILES string of the molecule is CCC(C)CNC(C)(C)c1ncc(C)s1. The summed E-state index contributed by atoms with van der Waals surface area (Å²) in [5.74, 6) is 0.727. The van der Waals surface area contributed by atoms with E-state index in [1.54, 1.807) is 11.3 Å². The normalized spacial score (nSPS) is 14.2. The van der Waals surface area contributed by atoms with Crippen molar-refractivity contribution in [3.05, 3.63) is 16.1 Å². The number of nitrogens with one attached hydrogen (secondary N) is 1. The second-order valence-electron chi connectivity index (χ2n) is 4.80. The van der Waals surface area contributed by atoms with Crippen molar-refractivity contribution in [1.29, 1.82) is 0 Å². The Labute approximate surface area is 97.1 Å². The molecule has 0 aliphatic heterocycles. The Morgan fingerprint density at radius 1 is 1.53 bits per heavy atom. The molecule has 1 heterocycles. The number of nitrogens with zero attached hydrogens (tertiary/aromatic N) is 1. The van der Waals surface area contributed by atoms with E-state index in [2.05, 4.69) is 44.9 Å². The van der Waals surface area contributed by atoms with Crippen LogP contribution in [0.3, 0.4) is 0 Å². The standard InChI is InChI=1S/C12H22N2S/c1-6-9(2)7-14-12(4,5)11-13-8-10(3)15-11/h8-9,14H,6-7H2,1-5H3. The second-order valence-corrected chi connectivity index (χ2v) is 6.03. The van der Waals surface area contributed by atoms with E-state index >= 15 is 0 Å². The number of thiazole rings is 1. The zero-order chi connectivity index (χ0) is 11.5. The Kier molecular flexibility index (Phi) is 4.29. The average Bonchev–Trinajstić information content (AvgIpc) is 2.62. The van der Waals surface area contributed by atoms with Crippen LogP contribution in [-0.2, 0) is 5.54 Å². The first-order valence-corrected chi connectivity index (χ1v) is 6.45. The molecule has 1 aromatic heterocycles. The summed E-state index contributed by atoms with van der Waals surface area (Å²) >= 11 is 1.78. The van der Waals surface area contributed by atoms with Gasteiger partial charge in [0, 0.05) is 11.1 Å². The van der Waals surface area contributed by atoms with Gasteiger partial charge in [-0.25, -0.2) is 4.98 Å². The van der Waals surface area contributed by atoms with Crippen LogP contribution in [0.1, 0.15) is 44.0 Å². The Hall–Kier alpha value is -0.410. The van der Waals surface area contributed by atoms with Gasteiger partial charge in [-0.15, -0.1) is 11.3 Å². The van der Waals surface area contributed by atoms with Crippen molar-refractivity contribution in [3.8, 4) is 0 Å². The van der Waals surface area contributed by atoms with E-state index in [1.165, 1.54) is 16.3 Å². The summed E-state index contributed by atoms with van der Waals surface area (Å²) in [5.41, 5.74) is 0.00234. The average molecular weight is 226 g/mol. The molecule has 0 aliphatic rings. The van der Waals surface area contributed by atoms with Crippen molar-refractivity contribution in [3.63, 3.8) is 0 Å². The molecule has 0 saturated carbocycles.